The van der Waals surface area contributed by atoms with Crippen molar-refractivity contribution in [2.75, 3.05) is 24.6 Å². The van der Waals surface area contributed by atoms with Gasteiger partial charge in [-0.2, -0.15) is 0 Å². The van der Waals surface area contributed by atoms with Crippen molar-refractivity contribution in [2.45, 2.75) is 20.8 Å². The highest BCUT2D eigenvalue weighted by molar-refractivity contribution is 6.08. The van der Waals surface area contributed by atoms with Crippen LogP contribution >= 0.6 is 0 Å². The number of ketones is 1. The predicted molar refractivity (Wildman–Crippen MR) is 111 cm³/mol. The van der Waals surface area contributed by atoms with E-state index in [-0.39, 0.29) is 5.78 Å². The Bertz CT molecular complexity index is 1090. The first-order valence-corrected chi connectivity index (χ1v) is 10.1. The number of aliphatic hydroxyl groups is 1. The molecule has 3 aromatic rings. The zero-order chi connectivity index (χ0) is 20.3. The molecular weight excluding hydrogens is 366 g/mol. The maximum atomic E-state index is 12.8. The molecule has 0 amide bonds. The minimum absolute atomic E-state index is 0.0420. The molecule has 0 bridgehead atoms. The number of hydrogen-bond acceptors (Lipinski definition) is 6. The third kappa shape index (κ3) is 3.00. The first-order valence-electron chi connectivity index (χ1n) is 10.1. The first kappa shape index (κ1) is 18.2. The second-order valence-corrected chi connectivity index (χ2v) is 9.22. The van der Waals surface area contributed by atoms with Crippen molar-refractivity contribution in [2.24, 2.45) is 23.2 Å². The summed E-state index contributed by atoms with van der Waals surface area (Å²) in [5.41, 5.74) is 2.96. The molecule has 4 heterocycles. The van der Waals surface area contributed by atoms with Crippen LogP contribution in [0.25, 0.3) is 22.4 Å². The predicted octanol–water partition coefficient (Wildman–Crippen LogP) is 2.92. The number of H-pyrrole nitrogens is 1. The number of pyridine rings is 1. The molecule has 150 valence electrons. The average Bonchev–Trinajstić information content (AvgIpc) is 3.05. The van der Waals surface area contributed by atoms with Gasteiger partial charge in [0.05, 0.1) is 17.5 Å². The van der Waals surface area contributed by atoms with Gasteiger partial charge < -0.3 is 15.0 Å². The van der Waals surface area contributed by atoms with Crippen LogP contribution in [-0.2, 0) is 0 Å². The molecule has 0 spiro atoms. The maximum Gasteiger partial charge on any atom is 0.171 e. The highest BCUT2D eigenvalue weighted by Crippen LogP contribution is 2.52. The molecule has 2 fully saturated rings. The van der Waals surface area contributed by atoms with Gasteiger partial charge in [-0.15, -0.1) is 0 Å². The van der Waals surface area contributed by atoms with Gasteiger partial charge in [0.2, 0.25) is 0 Å². The number of Topliss-reactive ketones (excluding diaryl/α,β-unsaturated/α-hetero) is 1. The van der Waals surface area contributed by atoms with Crippen molar-refractivity contribution in [1.82, 2.24) is 19.9 Å². The maximum absolute atomic E-state index is 12.8. The van der Waals surface area contributed by atoms with Gasteiger partial charge in [-0.1, -0.05) is 20.8 Å². The number of aliphatic hydroxyl groups excluding tert-OH is 1. The molecule has 29 heavy (non-hydrogen) atoms. The van der Waals surface area contributed by atoms with Crippen LogP contribution in [0, 0.1) is 23.2 Å². The molecule has 0 aromatic carbocycles. The zero-order valence-electron chi connectivity index (χ0n) is 16.9. The summed E-state index contributed by atoms with van der Waals surface area (Å²) in [5, 5.41) is 9.37. The van der Waals surface area contributed by atoms with Crippen molar-refractivity contribution in [3.63, 3.8) is 0 Å². The van der Waals surface area contributed by atoms with Crippen LogP contribution < -0.4 is 4.90 Å². The van der Waals surface area contributed by atoms with Crippen molar-refractivity contribution in [1.29, 1.82) is 0 Å². The number of nitrogens with zero attached hydrogens (tertiary/aromatic N) is 4. The van der Waals surface area contributed by atoms with Gasteiger partial charge in [0, 0.05) is 43.1 Å². The number of rotatable bonds is 4. The standard InChI is InChI=1S/C22H25N5O2/c1-22(2,3)20(29)13-7-24-21-19(13)26-17(8-25-21)12-4-5-23-18(6-12)27-9-14-15(10-27)16(14)11-28/h4-8,14-16,28H,9-11H2,1-3H3,(H,24,25). The van der Waals surface area contributed by atoms with Gasteiger partial charge in [-0.3, -0.25) is 4.79 Å². The zero-order valence-corrected chi connectivity index (χ0v) is 16.9. The number of hydrogen-bond donors (Lipinski definition) is 2. The second kappa shape index (κ2) is 6.35. The van der Waals surface area contributed by atoms with E-state index in [1.807, 2.05) is 32.9 Å². The molecule has 0 radical (unpaired) electrons. The summed E-state index contributed by atoms with van der Waals surface area (Å²) in [7, 11) is 0. The Morgan fingerprint density at radius 3 is 2.72 bits per heavy atom. The highest BCUT2D eigenvalue weighted by atomic mass is 16.3. The summed E-state index contributed by atoms with van der Waals surface area (Å²) in [6, 6.07) is 3.96. The molecule has 7 heteroatoms. The second-order valence-electron chi connectivity index (χ2n) is 9.22. The molecule has 1 saturated heterocycles. The van der Waals surface area contributed by atoms with Crippen molar-refractivity contribution < 1.29 is 9.90 Å². The number of nitrogens with one attached hydrogen (secondary N) is 1. The monoisotopic (exact) mass is 391 g/mol. The Labute approximate surface area is 169 Å². The molecule has 2 unspecified atom stereocenters. The Morgan fingerprint density at radius 2 is 2.03 bits per heavy atom. The van der Waals surface area contributed by atoms with Crippen LogP contribution in [0.3, 0.4) is 0 Å². The lowest BCUT2D eigenvalue weighted by Crippen LogP contribution is -2.25. The van der Waals surface area contributed by atoms with Crippen LogP contribution in [0.15, 0.2) is 30.7 Å². The van der Waals surface area contributed by atoms with E-state index in [4.69, 9.17) is 4.98 Å². The third-order valence-corrected chi connectivity index (χ3v) is 6.25. The first-order chi connectivity index (χ1) is 13.9. The summed E-state index contributed by atoms with van der Waals surface area (Å²) in [5.74, 6) is 2.61. The number of aromatic amines is 1. The van der Waals surface area contributed by atoms with Gasteiger partial charge in [0.25, 0.3) is 0 Å². The summed E-state index contributed by atoms with van der Waals surface area (Å²) < 4.78 is 0. The van der Waals surface area contributed by atoms with E-state index in [1.165, 1.54) is 0 Å². The molecule has 7 nitrogen and oxygen atoms in total. The van der Waals surface area contributed by atoms with Crippen LogP contribution in [0.4, 0.5) is 5.82 Å². The Balaban J connectivity index is 1.46. The van der Waals surface area contributed by atoms with E-state index in [0.29, 0.717) is 41.1 Å². The fourth-order valence-corrected chi connectivity index (χ4v) is 4.47. The van der Waals surface area contributed by atoms with Crippen molar-refractivity contribution >= 4 is 22.8 Å². The number of piperidine rings is 1. The molecule has 2 N–H and O–H groups in total. The van der Waals surface area contributed by atoms with Gasteiger partial charge >= 0.3 is 0 Å². The van der Waals surface area contributed by atoms with Crippen LogP contribution in [0.2, 0.25) is 0 Å². The van der Waals surface area contributed by atoms with Gasteiger partial charge in [0.15, 0.2) is 11.4 Å². The smallest absolute Gasteiger partial charge is 0.171 e. The lowest BCUT2D eigenvalue weighted by atomic mass is 9.87. The third-order valence-electron chi connectivity index (χ3n) is 6.25. The molecular formula is C22H25N5O2. The number of fused-ring (bicyclic) bond motifs is 2. The molecule has 1 aliphatic carbocycles. The lowest BCUT2D eigenvalue weighted by molar-refractivity contribution is 0.0860. The largest absolute Gasteiger partial charge is 0.396 e. The van der Waals surface area contributed by atoms with Crippen LogP contribution in [0.1, 0.15) is 31.1 Å². The Morgan fingerprint density at radius 1 is 1.28 bits per heavy atom. The lowest BCUT2D eigenvalue weighted by Gasteiger charge is -2.21. The molecule has 2 aliphatic rings. The Kier molecular flexibility index (Phi) is 4.00. The van der Waals surface area contributed by atoms with E-state index in [9.17, 15) is 9.90 Å². The molecule has 5 rings (SSSR count). The topological polar surface area (TPSA) is 95.0 Å². The number of aromatic nitrogens is 4. The fraction of sp³-hybridized carbons (Fsp3) is 0.455. The molecule has 2 atom stereocenters. The number of carbonyl (C=O) groups excluding carboxylic acids is 1. The van der Waals surface area contributed by atoms with Gasteiger partial charge in [0.1, 0.15) is 11.3 Å². The Hall–Kier alpha value is -2.80. The summed E-state index contributed by atoms with van der Waals surface area (Å²) in [6.07, 6.45) is 5.23. The van der Waals surface area contributed by atoms with Gasteiger partial charge in [-0.05, 0) is 29.9 Å². The minimum Gasteiger partial charge on any atom is -0.396 e. The van der Waals surface area contributed by atoms with E-state index >= 15 is 0 Å². The van der Waals surface area contributed by atoms with E-state index in [2.05, 4.69) is 19.9 Å². The summed E-state index contributed by atoms with van der Waals surface area (Å²) >= 11 is 0. The number of carbonyl (C=O) groups is 1. The van der Waals surface area contributed by atoms with Crippen LogP contribution in [-0.4, -0.2) is 50.5 Å². The summed E-state index contributed by atoms with van der Waals surface area (Å²) in [4.78, 5) is 31.9. The molecule has 1 saturated carbocycles. The molecule has 1 aliphatic heterocycles. The SMILES string of the molecule is CC(C)(C)C(=O)c1c[nH]c2ncc(-c3ccnc(N4CC5C(CO)C5C4)c3)nc12. The van der Waals surface area contributed by atoms with E-state index in [0.717, 1.165) is 30.2 Å². The van der Waals surface area contributed by atoms with E-state index < -0.39 is 5.41 Å². The number of anilines is 1. The average molecular weight is 391 g/mol. The molecule has 3 aromatic heterocycles. The van der Waals surface area contributed by atoms with Crippen molar-refractivity contribution in [3.05, 3.63) is 36.3 Å². The normalized spacial score (nSPS) is 23.4. The minimum atomic E-state index is -0.486. The van der Waals surface area contributed by atoms with Crippen LogP contribution in [0.5, 0.6) is 0 Å². The summed E-state index contributed by atoms with van der Waals surface area (Å²) in [6.45, 7) is 7.89. The highest BCUT2D eigenvalue weighted by Gasteiger charge is 2.55. The fourth-order valence-electron chi connectivity index (χ4n) is 4.47. The van der Waals surface area contributed by atoms with Crippen molar-refractivity contribution in [3.8, 4) is 11.3 Å². The quantitative estimate of drug-likeness (QED) is 0.664. The van der Waals surface area contributed by atoms with E-state index in [1.54, 1.807) is 18.6 Å². The van der Waals surface area contributed by atoms with Gasteiger partial charge in [-0.25, -0.2) is 15.0 Å².